The number of benzene rings is 1. The van der Waals surface area contributed by atoms with Gasteiger partial charge in [0, 0.05) is 13.1 Å². The fraction of sp³-hybridized carbons (Fsp3) is 0.333. The summed E-state index contributed by atoms with van der Waals surface area (Å²) in [7, 11) is -3.63. The molecule has 1 unspecified atom stereocenters. The fourth-order valence-electron chi connectivity index (χ4n) is 2.37. The molecule has 1 aromatic rings. The third kappa shape index (κ3) is 4.69. The Balaban J connectivity index is 2.35. The molecule has 26 heavy (non-hydrogen) atoms. The van der Waals surface area contributed by atoms with Crippen LogP contribution in [0.25, 0.3) is 0 Å². The Kier molecular flexibility index (Phi) is 6.91. The van der Waals surface area contributed by atoms with Crippen molar-refractivity contribution in [1.29, 1.82) is 0 Å². The van der Waals surface area contributed by atoms with E-state index in [2.05, 4.69) is 0 Å². The van der Waals surface area contributed by atoms with E-state index in [9.17, 15) is 14.2 Å². The van der Waals surface area contributed by atoms with Crippen LogP contribution in [-0.4, -0.2) is 35.6 Å². The van der Waals surface area contributed by atoms with Gasteiger partial charge >= 0.3 is 13.6 Å². The monoisotopic (exact) mass is 379 g/mol. The average Bonchev–Trinajstić information content (AvgIpc) is 2.62. The summed E-state index contributed by atoms with van der Waals surface area (Å²) in [5.74, 6) is -0.877. The van der Waals surface area contributed by atoms with E-state index in [4.69, 9.17) is 13.8 Å². The first-order valence-electron chi connectivity index (χ1n) is 8.26. The highest BCUT2D eigenvalue weighted by molar-refractivity contribution is 7.55. The minimum absolute atomic E-state index is 0.0294. The highest BCUT2D eigenvalue weighted by Gasteiger charge is 2.40. The van der Waals surface area contributed by atoms with Crippen LogP contribution in [0.1, 0.15) is 31.1 Å². The molecule has 0 saturated heterocycles. The second kappa shape index (κ2) is 8.94. The summed E-state index contributed by atoms with van der Waals surface area (Å²) in [6.07, 6.45) is 4.27. The molecule has 0 aromatic heterocycles. The van der Waals surface area contributed by atoms with Gasteiger partial charge in [-0.05, 0) is 32.1 Å². The lowest BCUT2D eigenvalue weighted by Crippen LogP contribution is -2.27. The summed E-state index contributed by atoms with van der Waals surface area (Å²) >= 11 is 0. The second-order valence-corrected chi connectivity index (χ2v) is 7.53. The number of carbonyl (C=O) groups excluding carboxylic acids is 2. The van der Waals surface area contributed by atoms with E-state index in [1.54, 1.807) is 44.2 Å². The zero-order chi connectivity index (χ0) is 19.2. The van der Waals surface area contributed by atoms with Crippen molar-refractivity contribution in [3.63, 3.8) is 0 Å². The summed E-state index contributed by atoms with van der Waals surface area (Å²) in [6.45, 7) is 5.08. The molecule has 0 radical (unpaired) electrons. The molecular formula is C18H22NO6P. The number of rotatable bonds is 7. The molecule has 1 amide bonds. The Morgan fingerprint density at radius 1 is 1.12 bits per heavy atom. The number of allylic oxidation sites excluding steroid dienone is 1. The number of carbonyl (C=O) groups is 2. The van der Waals surface area contributed by atoms with Crippen molar-refractivity contribution in [3.05, 3.63) is 60.1 Å². The van der Waals surface area contributed by atoms with Gasteiger partial charge in [-0.25, -0.2) is 4.79 Å². The second-order valence-electron chi connectivity index (χ2n) is 5.38. The van der Waals surface area contributed by atoms with E-state index in [1.165, 1.54) is 30.3 Å². The Morgan fingerprint density at radius 3 is 2.27 bits per heavy atom. The summed E-state index contributed by atoms with van der Waals surface area (Å²) < 4.78 is 29.3. The largest absolute Gasteiger partial charge is 0.425 e. The summed E-state index contributed by atoms with van der Waals surface area (Å²) in [5.41, 5.74) is -0.593. The Labute approximate surface area is 152 Å². The first-order valence-corrected chi connectivity index (χ1v) is 9.87. The molecule has 0 saturated carbocycles. The standard InChI is InChI=1S/C18H22NO6P/c1-4-23-26(22,24-5-2)17-11-12-19(14(3)20)13-16(17)25-18(21)15-9-7-6-8-10-15/h6-13,17H,4-5H2,1-3H3. The minimum atomic E-state index is -3.63. The van der Waals surface area contributed by atoms with Crippen LogP contribution in [0.3, 0.4) is 0 Å². The lowest BCUT2D eigenvalue weighted by Gasteiger charge is -2.29. The summed E-state index contributed by atoms with van der Waals surface area (Å²) in [6, 6.07) is 8.39. The third-order valence-electron chi connectivity index (χ3n) is 3.53. The van der Waals surface area contributed by atoms with Gasteiger partial charge in [0.15, 0.2) is 0 Å². The highest BCUT2D eigenvalue weighted by atomic mass is 31.2. The Morgan fingerprint density at radius 2 is 1.73 bits per heavy atom. The van der Waals surface area contributed by atoms with Gasteiger partial charge in [-0.2, -0.15) is 0 Å². The van der Waals surface area contributed by atoms with Crippen LogP contribution in [0, 0.1) is 0 Å². The van der Waals surface area contributed by atoms with Crippen molar-refractivity contribution < 1.29 is 27.9 Å². The first kappa shape index (κ1) is 20.1. The smallest absolute Gasteiger partial charge is 0.345 e. The van der Waals surface area contributed by atoms with E-state index in [1.807, 2.05) is 0 Å². The molecule has 0 N–H and O–H groups in total. The van der Waals surface area contributed by atoms with Crippen LogP contribution in [0.4, 0.5) is 0 Å². The molecule has 1 aliphatic heterocycles. The van der Waals surface area contributed by atoms with Crippen molar-refractivity contribution in [2.24, 2.45) is 0 Å². The van der Waals surface area contributed by atoms with Crippen LogP contribution >= 0.6 is 7.60 Å². The van der Waals surface area contributed by atoms with Gasteiger partial charge in [0.25, 0.3) is 0 Å². The normalized spacial score (nSPS) is 17.0. The van der Waals surface area contributed by atoms with Gasteiger partial charge in [0.2, 0.25) is 5.91 Å². The molecule has 2 rings (SSSR count). The fourth-order valence-corrected chi connectivity index (χ4v) is 4.20. The molecule has 1 aromatic carbocycles. The third-order valence-corrected chi connectivity index (χ3v) is 5.87. The quantitative estimate of drug-likeness (QED) is 0.531. The van der Waals surface area contributed by atoms with E-state index in [0.717, 1.165) is 0 Å². The molecule has 0 spiro atoms. The van der Waals surface area contributed by atoms with E-state index in [-0.39, 0.29) is 24.9 Å². The van der Waals surface area contributed by atoms with Crippen LogP contribution in [0.5, 0.6) is 0 Å². The Hall–Kier alpha value is -2.21. The van der Waals surface area contributed by atoms with Gasteiger partial charge < -0.3 is 13.8 Å². The maximum atomic E-state index is 13.1. The van der Waals surface area contributed by atoms with Crippen molar-refractivity contribution in [2.45, 2.75) is 26.4 Å². The van der Waals surface area contributed by atoms with Gasteiger partial charge in [0.05, 0.1) is 25.0 Å². The molecule has 7 nitrogen and oxygen atoms in total. The van der Waals surface area contributed by atoms with E-state index in [0.29, 0.717) is 5.56 Å². The maximum absolute atomic E-state index is 13.1. The molecule has 0 fully saturated rings. The van der Waals surface area contributed by atoms with E-state index < -0.39 is 19.2 Å². The van der Waals surface area contributed by atoms with E-state index >= 15 is 0 Å². The van der Waals surface area contributed by atoms with Gasteiger partial charge in [0.1, 0.15) is 11.4 Å². The molecule has 8 heteroatoms. The SMILES string of the molecule is CCOP(=O)(OCC)C1C=CN(C(C)=O)C=C1OC(=O)c1ccccc1. The summed E-state index contributed by atoms with van der Waals surface area (Å²) in [5, 5.41) is 0. The van der Waals surface area contributed by atoms with Crippen molar-refractivity contribution in [2.75, 3.05) is 13.2 Å². The summed E-state index contributed by atoms with van der Waals surface area (Å²) in [4.78, 5) is 25.3. The van der Waals surface area contributed by atoms with Crippen molar-refractivity contribution in [1.82, 2.24) is 4.90 Å². The topological polar surface area (TPSA) is 82.1 Å². The van der Waals surface area contributed by atoms with Crippen LogP contribution in [-0.2, 0) is 23.1 Å². The van der Waals surface area contributed by atoms with Gasteiger partial charge in [-0.1, -0.05) is 18.2 Å². The number of esters is 1. The predicted octanol–water partition coefficient (Wildman–Crippen LogP) is 3.70. The molecule has 1 heterocycles. The number of amides is 1. The number of nitrogens with zero attached hydrogens (tertiary/aromatic N) is 1. The predicted molar refractivity (Wildman–Crippen MR) is 96.2 cm³/mol. The van der Waals surface area contributed by atoms with Gasteiger partial charge in [-0.15, -0.1) is 0 Å². The van der Waals surface area contributed by atoms with Crippen molar-refractivity contribution >= 4 is 19.5 Å². The van der Waals surface area contributed by atoms with Crippen LogP contribution in [0.2, 0.25) is 0 Å². The molecule has 0 bridgehead atoms. The minimum Gasteiger partial charge on any atom is -0.425 e. The Bertz CT molecular complexity index is 748. The first-order chi connectivity index (χ1) is 12.4. The average molecular weight is 379 g/mol. The van der Waals surface area contributed by atoms with Crippen LogP contribution in [0.15, 0.2) is 54.6 Å². The molecular weight excluding hydrogens is 357 g/mol. The van der Waals surface area contributed by atoms with Gasteiger partial charge in [-0.3, -0.25) is 14.3 Å². The zero-order valence-corrected chi connectivity index (χ0v) is 15.8. The zero-order valence-electron chi connectivity index (χ0n) is 15.0. The molecule has 140 valence electrons. The number of ether oxygens (including phenoxy) is 1. The molecule has 0 aliphatic carbocycles. The number of hydrogen-bond donors (Lipinski definition) is 0. The highest BCUT2D eigenvalue weighted by Crippen LogP contribution is 2.56. The maximum Gasteiger partial charge on any atom is 0.345 e. The molecule has 1 aliphatic rings. The van der Waals surface area contributed by atoms with Crippen molar-refractivity contribution in [3.8, 4) is 0 Å². The lowest BCUT2D eigenvalue weighted by atomic mass is 10.2. The number of hydrogen-bond acceptors (Lipinski definition) is 6. The van der Waals surface area contributed by atoms with Crippen LogP contribution < -0.4 is 0 Å². The lowest BCUT2D eigenvalue weighted by molar-refractivity contribution is -0.124. The molecule has 1 atom stereocenters.